The number of rotatable bonds is 2. The summed E-state index contributed by atoms with van der Waals surface area (Å²) in [7, 11) is 0. The minimum absolute atomic E-state index is 0.0931. The highest BCUT2D eigenvalue weighted by molar-refractivity contribution is 6.32. The molecule has 0 aliphatic carbocycles. The summed E-state index contributed by atoms with van der Waals surface area (Å²) in [6.07, 6.45) is -0.681. The molecule has 0 fully saturated rings. The second kappa shape index (κ2) is 4.89. The summed E-state index contributed by atoms with van der Waals surface area (Å²) < 4.78 is 12.9. The highest BCUT2D eigenvalue weighted by atomic mass is 35.5. The van der Waals surface area contributed by atoms with Gasteiger partial charge in [-0.25, -0.2) is 4.39 Å². The molecule has 5 heteroatoms. The third-order valence-corrected chi connectivity index (χ3v) is 3.66. The molecule has 0 saturated heterocycles. The Bertz CT molecular complexity index is 685. The van der Waals surface area contributed by atoms with Crippen LogP contribution in [0.25, 0.3) is 0 Å². The van der Waals surface area contributed by atoms with E-state index in [0.717, 1.165) is 5.56 Å². The summed E-state index contributed by atoms with van der Waals surface area (Å²) in [6.45, 7) is 0. The number of amides is 1. The lowest BCUT2D eigenvalue weighted by Gasteiger charge is -2.14. The molecule has 20 heavy (non-hydrogen) atoms. The van der Waals surface area contributed by atoms with Crippen LogP contribution in [0.15, 0.2) is 36.4 Å². The number of fused-ring (bicyclic) bond motifs is 1. The van der Waals surface area contributed by atoms with Crippen LogP contribution < -0.4 is 5.32 Å². The van der Waals surface area contributed by atoms with Crippen molar-refractivity contribution in [2.45, 2.75) is 12.5 Å². The minimum atomic E-state index is -0.955. The number of benzene rings is 2. The highest BCUT2D eigenvalue weighted by Crippen LogP contribution is 2.35. The number of hydrogen-bond acceptors (Lipinski definition) is 2. The van der Waals surface area contributed by atoms with E-state index in [-0.39, 0.29) is 18.1 Å². The second-order valence-electron chi connectivity index (χ2n) is 4.71. The predicted octanol–water partition coefficient (Wildman–Crippen LogP) is 3.06. The van der Waals surface area contributed by atoms with Crippen LogP contribution in [0.5, 0.6) is 0 Å². The molecule has 2 N–H and O–H groups in total. The monoisotopic (exact) mass is 291 g/mol. The topological polar surface area (TPSA) is 49.3 Å². The van der Waals surface area contributed by atoms with Crippen LogP contribution in [0.3, 0.4) is 0 Å². The molecule has 102 valence electrons. The van der Waals surface area contributed by atoms with Crippen molar-refractivity contribution >= 4 is 23.2 Å². The Hall–Kier alpha value is -1.91. The predicted molar refractivity (Wildman–Crippen MR) is 74.2 cm³/mol. The van der Waals surface area contributed by atoms with Gasteiger partial charge in [0.2, 0.25) is 5.91 Å². The van der Waals surface area contributed by atoms with E-state index < -0.39 is 6.10 Å². The fraction of sp³-hybridized carbons (Fsp3) is 0.133. The standard InChI is InChI=1S/C15H11ClFNO2/c16-12-7-13-9(6-14(19)18-13)5-11(12)15(20)8-1-3-10(17)4-2-8/h1-5,7,15,20H,6H2,(H,18,19). The Kier molecular flexibility index (Phi) is 3.20. The second-order valence-corrected chi connectivity index (χ2v) is 5.12. The summed E-state index contributed by atoms with van der Waals surface area (Å²) in [5.74, 6) is -0.458. The van der Waals surface area contributed by atoms with E-state index in [4.69, 9.17) is 11.6 Å². The Balaban J connectivity index is 2.00. The molecule has 0 bridgehead atoms. The molecule has 0 radical (unpaired) electrons. The van der Waals surface area contributed by atoms with Crippen LogP contribution in [0.1, 0.15) is 22.8 Å². The average molecular weight is 292 g/mol. The van der Waals surface area contributed by atoms with Crippen molar-refractivity contribution < 1.29 is 14.3 Å². The fourth-order valence-corrected chi connectivity index (χ4v) is 2.57. The first-order valence-electron chi connectivity index (χ1n) is 6.10. The third kappa shape index (κ3) is 2.28. The van der Waals surface area contributed by atoms with Gasteiger partial charge in [-0.3, -0.25) is 4.79 Å². The van der Waals surface area contributed by atoms with E-state index in [1.165, 1.54) is 24.3 Å². The third-order valence-electron chi connectivity index (χ3n) is 3.33. The van der Waals surface area contributed by atoms with Gasteiger partial charge in [-0.05, 0) is 35.4 Å². The van der Waals surface area contributed by atoms with Gasteiger partial charge < -0.3 is 10.4 Å². The Morgan fingerprint density at radius 3 is 2.65 bits per heavy atom. The molecule has 0 saturated carbocycles. The zero-order chi connectivity index (χ0) is 14.3. The molecule has 1 amide bonds. The van der Waals surface area contributed by atoms with E-state index >= 15 is 0 Å². The number of halogens is 2. The lowest BCUT2D eigenvalue weighted by Crippen LogP contribution is -2.03. The van der Waals surface area contributed by atoms with Gasteiger partial charge in [0.15, 0.2) is 0 Å². The van der Waals surface area contributed by atoms with Crippen LogP contribution in [0, 0.1) is 5.82 Å². The molecule has 1 unspecified atom stereocenters. The minimum Gasteiger partial charge on any atom is -0.384 e. The SMILES string of the molecule is O=C1Cc2cc(C(O)c3ccc(F)cc3)c(Cl)cc2N1. The molecule has 0 spiro atoms. The van der Waals surface area contributed by atoms with Gasteiger partial charge in [0.05, 0.1) is 6.42 Å². The summed E-state index contributed by atoms with van der Waals surface area (Å²) in [6, 6.07) is 8.92. The highest BCUT2D eigenvalue weighted by Gasteiger charge is 2.22. The van der Waals surface area contributed by atoms with E-state index in [1.807, 2.05) is 0 Å². The Morgan fingerprint density at radius 1 is 1.25 bits per heavy atom. The molecular weight excluding hydrogens is 281 g/mol. The number of carbonyl (C=O) groups is 1. The van der Waals surface area contributed by atoms with Gasteiger partial charge in [0, 0.05) is 16.3 Å². The zero-order valence-corrected chi connectivity index (χ0v) is 11.1. The van der Waals surface area contributed by atoms with Gasteiger partial charge in [-0.2, -0.15) is 0 Å². The lowest BCUT2D eigenvalue weighted by molar-refractivity contribution is -0.115. The van der Waals surface area contributed by atoms with Gasteiger partial charge in [-0.15, -0.1) is 0 Å². The zero-order valence-electron chi connectivity index (χ0n) is 10.4. The van der Waals surface area contributed by atoms with Crippen LogP contribution in [0.2, 0.25) is 5.02 Å². The number of carbonyl (C=O) groups excluding carboxylic acids is 1. The maximum Gasteiger partial charge on any atom is 0.228 e. The van der Waals surface area contributed by atoms with Crippen molar-refractivity contribution in [2.24, 2.45) is 0 Å². The summed E-state index contributed by atoms with van der Waals surface area (Å²) in [5.41, 5.74) is 2.53. The number of nitrogens with one attached hydrogen (secondary N) is 1. The first-order chi connectivity index (χ1) is 9.54. The smallest absolute Gasteiger partial charge is 0.228 e. The quantitative estimate of drug-likeness (QED) is 0.893. The van der Waals surface area contributed by atoms with Crippen LogP contribution in [-0.2, 0) is 11.2 Å². The molecule has 1 aliphatic heterocycles. The van der Waals surface area contributed by atoms with Crippen LogP contribution in [-0.4, -0.2) is 11.0 Å². The lowest BCUT2D eigenvalue weighted by atomic mass is 9.98. The largest absolute Gasteiger partial charge is 0.384 e. The molecule has 1 heterocycles. The van der Waals surface area contributed by atoms with Gasteiger partial charge >= 0.3 is 0 Å². The fourth-order valence-electron chi connectivity index (χ4n) is 2.30. The van der Waals surface area contributed by atoms with E-state index in [1.54, 1.807) is 12.1 Å². The van der Waals surface area contributed by atoms with E-state index in [9.17, 15) is 14.3 Å². The molecular formula is C15H11ClFNO2. The number of aliphatic hydroxyl groups excluding tert-OH is 1. The first-order valence-corrected chi connectivity index (χ1v) is 6.48. The number of anilines is 1. The summed E-state index contributed by atoms with van der Waals surface area (Å²) >= 11 is 6.15. The van der Waals surface area contributed by atoms with E-state index in [2.05, 4.69) is 5.32 Å². The van der Waals surface area contributed by atoms with Crippen LogP contribution in [0.4, 0.5) is 10.1 Å². The maximum absolute atomic E-state index is 12.9. The van der Waals surface area contributed by atoms with Crippen molar-refractivity contribution in [3.05, 3.63) is 63.9 Å². The van der Waals surface area contributed by atoms with Crippen molar-refractivity contribution in [3.63, 3.8) is 0 Å². The first kappa shape index (κ1) is 13.1. The molecule has 3 nitrogen and oxygen atoms in total. The maximum atomic E-state index is 12.9. The Labute approximate surface area is 120 Å². The number of hydrogen-bond donors (Lipinski definition) is 2. The van der Waals surface area contributed by atoms with Gasteiger partial charge in [0.1, 0.15) is 11.9 Å². The van der Waals surface area contributed by atoms with Crippen molar-refractivity contribution in [1.82, 2.24) is 0 Å². The van der Waals surface area contributed by atoms with Crippen molar-refractivity contribution in [2.75, 3.05) is 5.32 Å². The van der Waals surface area contributed by atoms with Crippen molar-refractivity contribution in [1.29, 1.82) is 0 Å². The van der Waals surface area contributed by atoms with Crippen molar-refractivity contribution in [3.8, 4) is 0 Å². The molecule has 3 rings (SSSR count). The van der Waals surface area contributed by atoms with Gasteiger partial charge in [-0.1, -0.05) is 23.7 Å². The van der Waals surface area contributed by atoms with E-state index in [0.29, 0.717) is 21.8 Å². The molecule has 1 aliphatic rings. The van der Waals surface area contributed by atoms with Crippen LogP contribution >= 0.6 is 11.6 Å². The molecule has 0 aromatic heterocycles. The molecule has 2 aromatic rings. The molecule has 1 atom stereocenters. The summed E-state index contributed by atoms with van der Waals surface area (Å²) in [5, 5.41) is 13.4. The average Bonchev–Trinajstić information content (AvgIpc) is 2.77. The molecule has 2 aromatic carbocycles. The normalized spacial score (nSPS) is 14.8. The summed E-state index contributed by atoms with van der Waals surface area (Å²) in [4.78, 5) is 11.3. The number of aliphatic hydroxyl groups is 1. The van der Waals surface area contributed by atoms with Gasteiger partial charge in [0.25, 0.3) is 0 Å². The Morgan fingerprint density at radius 2 is 1.95 bits per heavy atom.